The predicted octanol–water partition coefficient (Wildman–Crippen LogP) is 1.57. The summed E-state index contributed by atoms with van der Waals surface area (Å²) in [6.07, 6.45) is 0. The molecule has 0 aromatic heterocycles. The highest BCUT2D eigenvalue weighted by molar-refractivity contribution is 7.80. The van der Waals surface area contributed by atoms with Crippen molar-refractivity contribution in [1.29, 1.82) is 0 Å². The van der Waals surface area contributed by atoms with Crippen molar-refractivity contribution in [2.75, 3.05) is 0 Å². The van der Waals surface area contributed by atoms with E-state index in [1.165, 1.54) is 0 Å². The van der Waals surface area contributed by atoms with E-state index in [0.29, 0.717) is 11.3 Å². The van der Waals surface area contributed by atoms with Crippen LogP contribution < -0.4 is 11.2 Å². The van der Waals surface area contributed by atoms with Crippen LogP contribution in [-0.4, -0.2) is 16.6 Å². The number of carbonyl (C=O) groups excluding carboxylic acids is 1. The lowest BCUT2D eigenvalue weighted by atomic mass is 10.1. The SMILES string of the molecule is NC(=S)NN=C1C(=O)c2cccc3cccc1c23. The lowest BCUT2D eigenvalue weighted by Crippen LogP contribution is -2.26. The van der Waals surface area contributed by atoms with Gasteiger partial charge in [-0.05, 0) is 17.6 Å². The molecule has 1 aliphatic rings. The summed E-state index contributed by atoms with van der Waals surface area (Å²) >= 11 is 4.68. The summed E-state index contributed by atoms with van der Waals surface area (Å²) in [5.41, 5.74) is 9.64. The zero-order valence-electron chi connectivity index (χ0n) is 9.31. The van der Waals surface area contributed by atoms with Gasteiger partial charge in [-0.1, -0.05) is 36.4 Å². The maximum atomic E-state index is 12.2. The number of Topliss-reactive ketones (excluding diaryl/α,β-unsaturated/α-hetero) is 1. The van der Waals surface area contributed by atoms with Gasteiger partial charge in [-0.2, -0.15) is 5.10 Å². The summed E-state index contributed by atoms with van der Waals surface area (Å²) in [6, 6.07) is 11.4. The Bertz CT molecular complexity index is 716. The summed E-state index contributed by atoms with van der Waals surface area (Å²) < 4.78 is 0. The van der Waals surface area contributed by atoms with Gasteiger partial charge in [0.1, 0.15) is 5.71 Å². The van der Waals surface area contributed by atoms with Gasteiger partial charge in [-0.25, -0.2) is 0 Å². The Morgan fingerprint density at radius 2 is 1.83 bits per heavy atom. The Balaban J connectivity index is 2.26. The third kappa shape index (κ3) is 1.48. The van der Waals surface area contributed by atoms with Gasteiger partial charge in [0.05, 0.1) is 0 Å². The van der Waals surface area contributed by atoms with Crippen LogP contribution in [0.25, 0.3) is 10.8 Å². The van der Waals surface area contributed by atoms with E-state index in [9.17, 15) is 4.79 Å². The minimum Gasteiger partial charge on any atom is -0.375 e. The minimum absolute atomic E-state index is 0.0402. The van der Waals surface area contributed by atoms with Gasteiger partial charge in [0.2, 0.25) is 5.78 Å². The molecule has 0 aliphatic heterocycles. The first-order valence-corrected chi connectivity index (χ1v) is 5.79. The summed E-state index contributed by atoms with van der Waals surface area (Å²) in [4.78, 5) is 12.2. The lowest BCUT2D eigenvalue weighted by Gasteiger charge is -2.00. The largest absolute Gasteiger partial charge is 0.375 e. The number of nitrogens with zero attached hydrogens (tertiary/aromatic N) is 1. The molecule has 5 heteroatoms. The monoisotopic (exact) mass is 255 g/mol. The number of nitrogens with two attached hydrogens (primary N) is 1. The quantitative estimate of drug-likeness (QED) is 0.599. The molecule has 88 valence electrons. The maximum absolute atomic E-state index is 12.2. The third-order valence-electron chi connectivity index (χ3n) is 2.90. The van der Waals surface area contributed by atoms with Crippen LogP contribution in [0.2, 0.25) is 0 Å². The zero-order valence-corrected chi connectivity index (χ0v) is 10.1. The molecule has 0 heterocycles. The Hall–Kier alpha value is -2.27. The lowest BCUT2D eigenvalue weighted by molar-refractivity contribution is 0.107. The van der Waals surface area contributed by atoms with Crippen LogP contribution in [0.1, 0.15) is 15.9 Å². The van der Waals surface area contributed by atoms with Crippen LogP contribution in [0.4, 0.5) is 0 Å². The number of ketones is 1. The zero-order chi connectivity index (χ0) is 12.7. The second-order valence-electron chi connectivity index (χ2n) is 3.97. The predicted molar refractivity (Wildman–Crippen MR) is 74.7 cm³/mol. The van der Waals surface area contributed by atoms with Gasteiger partial charge < -0.3 is 5.73 Å². The van der Waals surface area contributed by atoms with Crippen LogP contribution in [-0.2, 0) is 0 Å². The van der Waals surface area contributed by atoms with E-state index in [0.717, 1.165) is 16.3 Å². The van der Waals surface area contributed by atoms with Gasteiger partial charge in [-0.15, -0.1) is 0 Å². The molecule has 0 saturated carbocycles. The molecule has 0 bridgehead atoms. The van der Waals surface area contributed by atoms with Gasteiger partial charge in [0.25, 0.3) is 0 Å². The molecule has 0 amide bonds. The molecule has 0 radical (unpaired) electrons. The second-order valence-corrected chi connectivity index (χ2v) is 4.41. The molecule has 4 nitrogen and oxygen atoms in total. The van der Waals surface area contributed by atoms with E-state index in [4.69, 9.17) is 5.73 Å². The van der Waals surface area contributed by atoms with Crippen molar-refractivity contribution in [3.63, 3.8) is 0 Å². The number of benzene rings is 2. The standard InChI is InChI=1S/C13H9N3OS/c14-13(18)16-15-11-8-5-1-3-7-4-2-6-9(10(7)8)12(11)17/h1-6H,(H3,14,16,18). The number of nitrogens with one attached hydrogen (secondary N) is 1. The van der Waals surface area contributed by atoms with Gasteiger partial charge in [0.15, 0.2) is 5.11 Å². The van der Waals surface area contributed by atoms with Crippen LogP contribution >= 0.6 is 12.2 Å². The topological polar surface area (TPSA) is 67.5 Å². The van der Waals surface area contributed by atoms with Crippen molar-refractivity contribution in [3.8, 4) is 0 Å². The fourth-order valence-electron chi connectivity index (χ4n) is 2.20. The molecule has 0 atom stereocenters. The maximum Gasteiger partial charge on any atom is 0.214 e. The molecule has 3 N–H and O–H groups in total. The summed E-state index contributed by atoms with van der Waals surface area (Å²) in [5, 5.41) is 6.00. The van der Waals surface area contributed by atoms with E-state index in [1.54, 1.807) is 6.07 Å². The van der Waals surface area contributed by atoms with Gasteiger partial charge >= 0.3 is 0 Å². The highest BCUT2D eigenvalue weighted by atomic mass is 32.1. The van der Waals surface area contributed by atoms with Crippen molar-refractivity contribution in [2.24, 2.45) is 10.8 Å². The Morgan fingerprint density at radius 3 is 2.50 bits per heavy atom. The Morgan fingerprint density at radius 1 is 1.17 bits per heavy atom. The summed E-state index contributed by atoms with van der Waals surface area (Å²) in [5.74, 6) is -0.106. The van der Waals surface area contributed by atoms with Crippen molar-refractivity contribution in [3.05, 3.63) is 47.5 Å². The van der Waals surface area contributed by atoms with Crippen molar-refractivity contribution < 1.29 is 4.79 Å². The van der Waals surface area contributed by atoms with E-state index in [2.05, 4.69) is 22.7 Å². The third-order valence-corrected chi connectivity index (χ3v) is 2.99. The highest BCUT2D eigenvalue weighted by Gasteiger charge is 2.28. The molecule has 0 spiro atoms. The number of thiocarbonyl (C=S) groups is 1. The molecule has 18 heavy (non-hydrogen) atoms. The Kier molecular flexibility index (Phi) is 2.34. The number of hydrogen-bond acceptors (Lipinski definition) is 3. The van der Waals surface area contributed by atoms with Crippen LogP contribution in [0, 0.1) is 0 Å². The smallest absolute Gasteiger partial charge is 0.214 e. The van der Waals surface area contributed by atoms with E-state index in [-0.39, 0.29) is 10.9 Å². The summed E-state index contributed by atoms with van der Waals surface area (Å²) in [7, 11) is 0. The number of hydrogen-bond donors (Lipinski definition) is 2. The molecule has 0 saturated heterocycles. The van der Waals surface area contributed by atoms with Crippen molar-refractivity contribution in [2.45, 2.75) is 0 Å². The highest BCUT2D eigenvalue weighted by Crippen LogP contribution is 2.30. The van der Waals surface area contributed by atoms with E-state index >= 15 is 0 Å². The van der Waals surface area contributed by atoms with Crippen LogP contribution in [0.5, 0.6) is 0 Å². The first-order chi connectivity index (χ1) is 8.68. The normalized spacial score (nSPS) is 15.3. The van der Waals surface area contributed by atoms with Crippen LogP contribution in [0.3, 0.4) is 0 Å². The molecular formula is C13H9N3OS. The van der Waals surface area contributed by atoms with E-state index in [1.807, 2.05) is 30.3 Å². The second kappa shape index (κ2) is 3.89. The minimum atomic E-state index is -0.106. The fourth-order valence-corrected chi connectivity index (χ4v) is 2.25. The molecular weight excluding hydrogens is 246 g/mol. The first kappa shape index (κ1) is 10.9. The van der Waals surface area contributed by atoms with Crippen LogP contribution in [0.15, 0.2) is 41.5 Å². The molecule has 2 aromatic carbocycles. The number of carbonyl (C=O) groups is 1. The number of rotatable bonds is 1. The average molecular weight is 255 g/mol. The average Bonchev–Trinajstić information content (AvgIpc) is 2.63. The molecule has 3 rings (SSSR count). The van der Waals surface area contributed by atoms with Crippen molar-refractivity contribution in [1.82, 2.24) is 5.43 Å². The number of hydrazone groups is 1. The van der Waals surface area contributed by atoms with Crippen molar-refractivity contribution >= 4 is 39.6 Å². The molecule has 2 aromatic rings. The first-order valence-electron chi connectivity index (χ1n) is 5.38. The molecule has 1 aliphatic carbocycles. The molecule has 0 fully saturated rings. The van der Waals surface area contributed by atoms with Gasteiger partial charge in [-0.3, -0.25) is 10.2 Å². The fraction of sp³-hybridized carbons (Fsp3) is 0. The van der Waals surface area contributed by atoms with E-state index < -0.39 is 0 Å². The Labute approximate surface area is 108 Å². The molecule has 0 unspecified atom stereocenters. The summed E-state index contributed by atoms with van der Waals surface area (Å²) in [6.45, 7) is 0. The van der Waals surface area contributed by atoms with Gasteiger partial charge in [0, 0.05) is 16.5 Å².